The van der Waals surface area contributed by atoms with E-state index >= 15 is 0 Å². The molecule has 0 aromatic carbocycles. The van der Waals surface area contributed by atoms with Crippen LogP contribution in [-0.4, -0.2) is 87.5 Å². The lowest BCUT2D eigenvalue weighted by Gasteiger charge is -2.40. The van der Waals surface area contributed by atoms with Crippen LogP contribution < -0.4 is 5.32 Å². The van der Waals surface area contributed by atoms with Crippen LogP contribution in [0, 0.1) is 0 Å². The zero-order chi connectivity index (χ0) is 45.9. The van der Waals surface area contributed by atoms with Gasteiger partial charge in [0.05, 0.1) is 25.4 Å². The van der Waals surface area contributed by atoms with E-state index in [-0.39, 0.29) is 12.5 Å². The Morgan fingerprint density at radius 1 is 0.540 bits per heavy atom. The molecule has 9 heteroatoms. The van der Waals surface area contributed by atoms with E-state index in [2.05, 4.69) is 43.5 Å². The summed E-state index contributed by atoms with van der Waals surface area (Å²) in [5.41, 5.74) is 0. The van der Waals surface area contributed by atoms with Gasteiger partial charge < -0.3 is 40.3 Å². The largest absolute Gasteiger partial charge is 0.394 e. The van der Waals surface area contributed by atoms with Crippen molar-refractivity contribution in [3.63, 3.8) is 0 Å². The molecule has 6 N–H and O–H groups in total. The van der Waals surface area contributed by atoms with Crippen molar-refractivity contribution in [2.75, 3.05) is 13.2 Å². The van der Waals surface area contributed by atoms with Gasteiger partial charge in [-0.25, -0.2) is 0 Å². The molecule has 0 saturated carbocycles. The smallest absolute Gasteiger partial charge is 0.220 e. The molecule has 1 rings (SSSR count). The van der Waals surface area contributed by atoms with Gasteiger partial charge in [-0.15, -0.1) is 0 Å². The lowest BCUT2D eigenvalue weighted by Crippen LogP contribution is -2.60. The van der Waals surface area contributed by atoms with Crippen molar-refractivity contribution in [3.05, 3.63) is 36.5 Å². The van der Waals surface area contributed by atoms with Gasteiger partial charge >= 0.3 is 0 Å². The van der Waals surface area contributed by atoms with Gasteiger partial charge in [0.25, 0.3) is 0 Å². The molecule has 1 amide bonds. The second-order valence-corrected chi connectivity index (χ2v) is 18.7. The van der Waals surface area contributed by atoms with Crippen LogP contribution in [0.15, 0.2) is 36.5 Å². The molecule has 1 fully saturated rings. The fourth-order valence-corrected chi connectivity index (χ4v) is 8.42. The van der Waals surface area contributed by atoms with Gasteiger partial charge in [0.1, 0.15) is 24.4 Å². The Balaban J connectivity index is 2.26. The molecule has 0 bridgehead atoms. The molecule has 1 aliphatic heterocycles. The van der Waals surface area contributed by atoms with Crippen LogP contribution in [0.2, 0.25) is 0 Å². The molecule has 9 nitrogen and oxygen atoms in total. The molecule has 1 saturated heterocycles. The summed E-state index contributed by atoms with van der Waals surface area (Å²) in [7, 11) is 0. The van der Waals surface area contributed by atoms with Crippen molar-refractivity contribution < 1.29 is 39.8 Å². The second-order valence-electron chi connectivity index (χ2n) is 18.7. The van der Waals surface area contributed by atoms with Crippen LogP contribution in [0.25, 0.3) is 0 Å². The maximum Gasteiger partial charge on any atom is 0.220 e. The Kier molecular flexibility index (Phi) is 41.7. The molecule has 0 aromatic rings. The first-order valence-corrected chi connectivity index (χ1v) is 26.7. The normalized spacial score (nSPS) is 20.4. The third-order valence-corrected chi connectivity index (χ3v) is 12.7. The van der Waals surface area contributed by atoms with E-state index < -0.39 is 49.5 Å². The Morgan fingerprint density at radius 2 is 0.937 bits per heavy atom. The molecule has 0 spiro atoms. The van der Waals surface area contributed by atoms with Crippen LogP contribution in [0.5, 0.6) is 0 Å². The molecule has 7 atom stereocenters. The summed E-state index contributed by atoms with van der Waals surface area (Å²) in [5.74, 6) is -0.178. The summed E-state index contributed by atoms with van der Waals surface area (Å²) >= 11 is 0. The molecule has 1 heterocycles. The predicted octanol–water partition coefficient (Wildman–Crippen LogP) is 12.4. The summed E-state index contributed by atoms with van der Waals surface area (Å²) in [6, 6.07) is -0.805. The van der Waals surface area contributed by atoms with Crippen LogP contribution in [0.3, 0.4) is 0 Å². The van der Waals surface area contributed by atoms with E-state index in [9.17, 15) is 30.3 Å². The topological polar surface area (TPSA) is 149 Å². The molecule has 7 unspecified atom stereocenters. The van der Waals surface area contributed by atoms with Crippen molar-refractivity contribution in [2.45, 2.75) is 288 Å². The van der Waals surface area contributed by atoms with Crippen molar-refractivity contribution in [2.24, 2.45) is 0 Å². The van der Waals surface area contributed by atoms with Crippen molar-refractivity contribution >= 4 is 5.91 Å². The minimum absolute atomic E-state index is 0.178. The second kappa shape index (κ2) is 44.3. The maximum atomic E-state index is 13.0. The Labute approximate surface area is 387 Å². The van der Waals surface area contributed by atoms with Crippen molar-refractivity contribution in [3.8, 4) is 0 Å². The number of ether oxygens (including phenoxy) is 2. The van der Waals surface area contributed by atoms with E-state index in [1.807, 2.05) is 6.08 Å². The summed E-state index contributed by atoms with van der Waals surface area (Å²) in [4.78, 5) is 13.0. The standard InChI is InChI=1S/C54H101NO8/c1-3-5-7-9-11-13-15-17-19-21-22-23-24-25-26-28-30-32-34-36-38-40-42-44-50(58)55-47(46-62-54-53(61)52(60)51(59)49(45-56)63-54)48(57)43-41-39-37-35-33-31-29-27-20-18-16-14-12-10-8-6-4-2/h15,17,21-22,41,43,47-49,51-54,56-57,59-61H,3-14,16,18-20,23-40,42,44-46H2,1-2H3,(H,55,58)/b17-15-,22-21-,43-41+. The summed E-state index contributed by atoms with van der Waals surface area (Å²) in [6.07, 6.45) is 49.0. The van der Waals surface area contributed by atoms with Gasteiger partial charge in [-0.3, -0.25) is 4.79 Å². The summed E-state index contributed by atoms with van der Waals surface area (Å²) in [5, 5.41) is 54.4. The Hall–Kier alpha value is -1.59. The highest BCUT2D eigenvalue weighted by Gasteiger charge is 2.44. The minimum atomic E-state index is -1.57. The number of carbonyl (C=O) groups is 1. The quantitative estimate of drug-likeness (QED) is 0.0261. The van der Waals surface area contributed by atoms with E-state index in [0.717, 1.165) is 44.9 Å². The first-order valence-electron chi connectivity index (χ1n) is 26.7. The number of aliphatic hydroxyl groups excluding tert-OH is 5. The molecule has 0 radical (unpaired) electrons. The van der Waals surface area contributed by atoms with E-state index in [1.54, 1.807) is 6.08 Å². The van der Waals surface area contributed by atoms with Gasteiger partial charge in [-0.05, 0) is 51.4 Å². The van der Waals surface area contributed by atoms with Crippen LogP contribution in [0.4, 0.5) is 0 Å². The first-order chi connectivity index (χ1) is 30.8. The molecular weight excluding hydrogens is 791 g/mol. The number of hydrogen-bond acceptors (Lipinski definition) is 8. The number of rotatable bonds is 45. The molecule has 63 heavy (non-hydrogen) atoms. The average molecular weight is 892 g/mol. The number of nitrogens with one attached hydrogen (secondary N) is 1. The van der Waals surface area contributed by atoms with Gasteiger partial charge in [-0.1, -0.05) is 224 Å². The highest BCUT2D eigenvalue weighted by Crippen LogP contribution is 2.23. The summed E-state index contributed by atoms with van der Waals surface area (Å²) in [6.45, 7) is 3.78. The molecule has 0 aliphatic carbocycles. The third-order valence-electron chi connectivity index (χ3n) is 12.7. The highest BCUT2D eigenvalue weighted by molar-refractivity contribution is 5.76. The Bertz CT molecular complexity index is 1080. The average Bonchev–Trinajstić information content (AvgIpc) is 3.28. The van der Waals surface area contributed by atoms with Gasteiger partial charge in [0.2, 0.25) is 5.91 Å². The third kappa shape index (κ3) is 34.4. The zero-order valence-electron chi connectivity index (χ0n) is 40.8. The lowest BCUT2D eigenvalue weighted by molar-refractivity contribution is -0.302. The monoisotopic (exact) mass is 892 g/mol. The summed E-state index contributed by atoms with van der Waals surface area (Å²) < 4.78 is 11.2. The van der Waals surface area contributed by atoms with Crippen LogP contribution in [0.1, 0.15) is 245 Å². The Morgan fingerprint density at radius 3 is 1.37 bits per heavy atom. The number of allylic oxidation sites excluding steroid dienone is 5. The number of aliphatic hydroxyl groups is 5. The molecule has 1 aliphatic rings. The van der Waals surface area contributed by atoms with E-state index in [4.69, 9.17) is 9.47 Å². The van der Waals surface area contributed by atoms with E-state index in [0.29, 0.717) is 6.42 Å². The number of hydrogen-bond donors (Lipinski definition) is 6. The number of carbonyl (C=O) groups excluding carboxylic acids is 1. The predicted molar refractivity (Wildman–Crippen MR) is 263 cm³/mol. The van der Waals surface area contributed by atoms with Gasteiger partial charge in [-0.2, -0.15) is 0 Å². The lowest BCUT2D eigenvalue weighted by atomic mass is 9.99. The fraction of sp³-hybridized carbons (Fsp3) is 0.870. The zero-order valence-corrected chi connectivity index (χ0v) is 40.8. The first kappa shape index (κ1) is 59.4. The molecule has 370 valence electrons. The number of amides is 1. The van der Waals surface area contributed by atoms with Gasteiger partial charge in [0.15, 0.2) is 6.29 Å². The van der Waals surface area contributed by atoms with E-state index in [1.165, 1.54) is 180 Å². The van der Waals surface area contributed by atoms with Crippen LogP contribution >= 0.6 is 0 Å². The van der Waals surface area contributed by atoms with Crippen LogP contribution in [-0.2, 0) is 14.3 Å². The maximum absolute atomic E-state index is 13.0. The fourth-order valence-electron chi connectivity index (χ4n) is 8.42. The molecule has 0 aromatic heterocycles. The van der Waals surface area contributed by atoms with Gasteiger partial charge in [0, 0.05) is 6.42 Å². The highest BCUT2D eigenvalue weighted by atomic mass is 16.7. The minimum Gasteiger partial charge on any atom is -0.394 e. The van der Waals surface area contributed by atoms with Crippen molar-refractivity contribution in [1.29, 1.82) is 0 Å². The van der Waals surface area contributed by atoms with Crippen molar-refractivity contribution in [1.82, 2.24) is 5.32 Å². The molecular formula is C54H101NO8. The SMILES string of the molecule is CCCCCCC/C=C\C/C=C\CCCCCCCCCCCCCC(=O)NC(COC1OC(CO)C(O)C(O)C1O)C(O)/C=C/CCCCCCCCCCCCCCCCC. The number of unbranched alkanes of at least 4 members (excludes halogenated alkanes) is 31.